The topological polar surface area (TPSA) is 57.7 Å². The number of methoxy groups -OCH3 is 1. The summed E-state index contributed by atoms with van der Waals surface area (Å²) < 4.78 is 18.7. The van der Waals surface area contributed by atoms with Crippen LogP contribution in [0.5, 0.6) is 0 Å². The van der Waals surface area contributed by atoms with Crippen molar-refractivity contribution in [3.05, 3.63) is 26.9 Å². The zero-order valence-electron chi connectivity index (χ0n) is 13.9. The van der Waals surface area contributed by atoms with E-state index in [1.165, 1.54) is 7.11 Å². The number of hydrogen-bond donors (Lipinski definition) is 0. The molecule has 1 aromatic rings. The predicted octanol–water partition coefficient (Wildman–Crippen LogP) is 3.88. The van der Waals surface area contributed by atoms with E-state index in [0.717, 1.165) is 14.5 Å². The van der Waals surface area contributed by atoms with E-state index in [4.69, 9.17) is 14.0 Å². The number of halogens is 2. The van der Waals surface area contributed by atoms with Gasteiger partial charge in [0.05, 0.1) is 24.7 Å². The highest BCUT2D eigenvalue weighted by molar-refractivity contribution is 9.11. The molecule has 23 heavy (non-hydrogen) atoms. The van der Waals surface area contributed by atoms with Crippen molar-refractivity contribution in [1.29, 1.82) is 0 Å². The van der Waals surface area contributed by atoms with Gasteiger partial charge in [-0.05, 0) is 65.1 Å². The van der Waals surface area contributed by atoms with Gasteiger partial charge in [-0.25, -0.2) is 0 Å². The Morgan fingerprint density at radius 1 is 1.22 bits per heavy atom. The minimum atomic E-state index is -0.561. The van der Waals surface area contributed by atoms with Gasteiger partial charge in [0.1, 0.15) is 0 Å². The Labute approximate surface area is 153 Å². The van der Waals surface area contributed by atoms with Crippen LogP contribution in [0.3, 0.4) is 0 Å². The van der Waals surface area contributed by atoms with Crippen molar-refractivity contribution < 1.29 is 18.8 Å². The lowest BCUT2D eigenvalue weighted by Gasteiger charge is -2.32. The highest BCUT2D eigenvalue weighted by Crippen LogP contribution is 2.44. The van der Waals surface area contributed by atoms with Crippen LogP contribution in [-0.2, 0) is 18.8 Å². The molecule has 0 radical (unpaired) electrons. The lowest BCUT2D eigenvalue weighted by Crippen LogP contribution is -2.41. The Morgan fingerprint density at radius 3 is 2.13 bits per heavy atom. The van der Waals surface area contributed by atoms with Crippen LogP contribution in [-0.4, -0.2) is 36.4 Å². The predicted molar refractivity (Wildman–Crippen MR) is 95.1 cm³/mol. The fourth-order valence-corrected chi connectivity index (χ4v) is 3.94. The highest BCUT2D eigenvalue weighted by Gasteiger charge is 2.54. The summed E-state index contributed by atoms with van der Waals surface area (Å²) in [6, 6.07) is 0. The minimum absolute atomic E-state index is 0.147. The van der Waals surface area contributed by atoms with E-state index < -0.39 is 18.3 Å². The quantitative estimate of drug-likeness (QED) is 0.516. The molecule has 0 saturated carbocycles. The maximum atomic E-state index is 11.9. The summed E-state index contributed by atoms with van der Waals surface area (Å²) >= 11 is 7.02. The molecule has 1 aliphatic heterocycles. The third-order valence-corrected chi connectivity index (χ3v) is 5.74. The third kappa shape index (κ3) is 3.81. The normalized spacial score (nSPS) is 20.4. The smallest absolute Gasteiger partial charge is 0.466 e. The number of nitrogens with zero attached hydrogens (tertiary/aromatic N) is 1. The van der Waals surface area contributed by atoms with E-state index in [-0.39, 0.29) is 18.2 Å². The van der Waals surface area contributed by atoms with Crippen molar-refractivity contribution in [2.45, 2.75) is 51.1 Å². The molecule has 1 atom stereocenters. The van der Waals surface area contributed by atoms with Crippen LogP contribution < -0.4 is 0 Å². The van der Waals surface area contributed by atoms with Gasteiger partial charge in [-0.15, -0.1) is 0 Å². The third-order valence-electron chi connectivity index (χ3n) is 4.48. The van der Waals surface area contributed by atoms with Crippen LogP contribution in [0.4, 0.5) is 0 Å². The van der Waals surface area contributed by atoms with Crippen LogP contribution in [0, 0.1) is 0 Å². The van der Waals surface area contributed by atoms with E-state index in [0.29, 0.717) is 0 Å². The Balaban J connectivity index is 2.42. The van der Waals surface area contributed by atoms with Gasteiger partial charge in [-0.3, -0.25) is 9.78 Å². The van der Waals surface area contributed by atoms with E-state index in [1.54, 1.807) is 12.4 Å². The molecular weight excluding hydrogens is 429 g/mol. The molecule has 1 saturated heterocycles. The monoisotopic (exact) mass is 447 g/mol. The van der Waals surface area contributed by atoms with Gasteiger partial charge in [0.25, 0.3) is 0 Å². The van der Waals surface area contributed by atoms with Gasteiger partial charge in [0.2, 0.25) is 0 Å². The van der Waals surface area contributed by atoms with Crippen molar-refractivity contribution in [3.63, 3.8) is 0 Å². The van der Waals surface area contributed by atoms with Crippen molar-refractivity contribution in [2.24, 2.45) is 0 Å². The number of carbonyl (C=O) groups excluding carboxylic acids is 1. The first-order valence-electron chi connectivity index (χ1n) is 7.30. The number of hydrogen-bond acceptors (Lipinski definition) is 5. The second-order valence-corrected chi connectivity index (χ2v) is 8.24. The van der Waals surface area contributed by atoms with Crippen LogP contribution in [0.15, 0.2) is 21.3 Å². The molecule has 2 rings (SSSR count). The lowest BCUT2D eigenvalue weighted by atomic mass is 9.66. The van der Waals surface area contributed by atoms with E-state index in [9.17, 15) is 4.79 Å². The molecular formula is C15H20BBr2NO4. The number of carbonyl (C=O) groups is 1. The molecule has 0 bridgehead atoms. The van der Waals surface area contributed by atoms with Gasteiger partial charge in [0, 0.05) is 27.2 Å². The largest absolute Gasteiger partial charge is 0.469 e. The standard InChI is InChI=1S/C15H20BBr2NO4/c1-14(2)15(3,4)23-16(22-14)9(6-12(20)21-5)13-10(17)7-19-8-11(13)18/h7-9H,6H2,1-5H3. The summed E-state index contributed by atoms with van der Waals surface area (Å²) in [6.07, 6.45) is 3.53. The number of esters is 1. The number of aromatic nitrogens is 1. The summed E-state index contributed by atoms with van der Waals surface area (Å²) in [4.78, 5) is 16.0. The average Bonchev–Trinajstić information content (AvgIpc) is 2.65. The lowest BCUT2D eigenvalue weighted by molar-refractivity contribution is -0.140. The first-order valence-corrected chi connectivity index (χ1v) is 8.89. The van der Waals surface area contributed by atoms with E-state index >= 15 is 0 Å². The fourth-order valence-electron chi connectivity index (χ4n) is 2.43. The molecule has 1 unspecified atom stereocenters. The van der Waals surface area contributed by atoms with Crippen LogP contribution >= 0.6 is 31.9 Å². The summed E-state index contributed by atoms with van der Waals surface area (Å²) in [5.41, 5.74) is -0.0698. The molecule has 8 heteroatoms. The minimum Gasteiger partial charge on any atom is -0.469 e. The molecule has 0 spiro atoms. The fraction of sp³-hybridized carbons (Fsp3) is 0.600. The van der Waals surface area contributed by atoms with Crippen molar-refractivity contribution in [3.8, 4) is 0 Å². The summed E-state index contributed by atoms with van der Waals surface area (Å²) in [7, 11) is 0.814. The zero-order chi connectivity index (χ0) is 17.4. The number of ether oxygens (including phenoxy) is 1. The molecule has 0 N–H and O–H groups in total. The Bertz CT molecular complexity index is 573. The maximum absolute atomic E-state index is 11.9. The number of pyridine rings is 1. The first kappa shape index (κ1) is 18.9. The first-order chi connectivity index (χ1) is 10.6. The van der Waals surface area contributed by atoms with Gasteiger partial charge in [-0.2, -0.15) is 0 Å². The van der Waals surface area contributed by atoms with E-state index in [1.807, 2.05) is 27.7 Å². The Kier molecular flexibility index (Phi) is 5.60. The van der Waals surface area contributed by atoms with Gasteiger partial charge < -0.3 is 14.0 Å². The van der Waals surface area contributed by atoms with Gasteiger partial charge in [0.15, 0.2) is 0 Å². The molecule has 1 aliphatic rings. The summed E-state index contributed by atoms with van der Waals surface area (Å²) in [5, 5.41) is 0. The average molecular weight is 449 g/mol. The second kappa shape index (κ2) is 6.82. The molecule has 1 aromatic heterocycles. The zero-order valence-corrected chi connectivity index (χ0v) is 17.0. The molecule has 1 fully saturated rings. The molecule has 0 amide bonds. The van der Waals surface area contributed by atoms with Crippen LogP contribution in [0.25, 0.3) is 0 Å². The van der Waals surface area contributed by atoms with Gasteiger partial charge in [-0.1, -0.05) is 0 Å². The maximum Gasteiger partial charge on any atom is 0.466 e. The summed E-state index contributed by atoms with van der Waals surface area (Å²) in [5.74, 6) is -0.643. The Hall–Kier alpha value is -0.435. The Morgan fingerprint density at radius 2 is 1.70 bits per heavy atom. The summed E-state index contributed by atoms with van der Waals surface area (Å²) in [6.45, 7) is 7.94. The van der Waals surface area contributed by atoms with Crippen LogP contribution in [0.1, 0.15) is 45.5 Å². The molecule has 2 heterocycles. The molecule has 0 aromatic carbocycles. The van der Waals surface area contributed by atoms with Crippen LogP contribution in [0.2, 0.25) is 0 Å². The highest BCUT2D eigenvalue weighted by atomic mass is 79.9. The molecule has 0 aliphatic carbocycles. The SMILES string of the molecule is COC(=O)CC(B1OC(C)(C)C(C)(C)O1)c1c(Br)cncc1Br. The van der Waals surface area contributed by atoms with Crippen molar-refractivity contribution in [2.75, 3.05) is 7.11 Å². The second-order valence-electron chi connectivity index (χ2n) is 6.53. The van der Waals surface area contributed by atoms with Crippen molar-refractivity contribution >= 4 is 44.9 Å². The molecule has 126 valence electrons. The van der Waals surface area contributed by atoms with Gasteiger partial charge >= 0.3 is 13.1 Å². The van der Waals surface area contributed by atoms with E-state index in [2.05, 4.69) is 36.8 Å². The molecule has 5 nitrogen and oxygen atoms in total. The van der Waals surface area contributed by atoms with Crippen molar-refractivity contribution in [1.82, 2.24) is 4.98 Å². The number of rotatable bonds is 4.